The van der Waals surface area contributed by atoms with Crippen LogP contribution in [0, 0.1) is 0 Å². The average Bonchev–Trinajstić information content (AvgIpc) is 2.69. The Bertz CT molecular complexity index is 477. The number of pyridine rings is 1. The lowest BCUT2D eigenvalue weighted by Crippen LogP contribution is -2.20. The van der Waals surface area contributed by atoms with E-state index in [1.165, 1.54) is 0 Å². The molecular formula is C11H15N5. The molecule has 16 heavy (non-hydrogen) atoms. The molecule has 0 saturated carbocycles. The van der Waals surface area contributed by atoms with Gasteiger partial charge in [-0.05, 0) is 19.2 Å². The van der Waals surface area contributed by atoms with Crippen LogP contribution in [-0.2, 0) is 7.05 Å². The predicted octanol–water partition coefficient (Wildman–Crippen LogP) is 0.706. The lowest BCUT2D eigenvalue weighted by atomic mass is 10.0. The highest BCUT2D eigenvalue weighted by atomic mass is 15.3. The zero-order chi connectivity index (χ0) is 11.5. The number of rotatable bonds is 3. The van der Waals surface area contributed by atoms with Crippen LogP contribution in [0.3, 0.4) is 0 Å². The number of nitrogens with two attached hydrogens (primary N) is 1. The van der Waals surface area contributed by atoms with E-state index in [-0.39, 0.29) is 6.04 Å². The molecule has 0 amide bonds. The predicted molar refractivity (Wildman–Crippen MR) is 62.8 cm³/mol. The van der Waals surface area contributed by atoms with E-state index < -0.39 is 0 Å². The summed E-state index contributed by atoms with van der Waals surface area (Å²) in [7, 11) is 3.77. The van der Waals surface area contributed by atoms with E-state index >= 15 is 0 Å². The highest BCUT2D eigenvalue weighted by Gasteiger charge is 2.16. The number of anilines is 1. The molecule has 84 valence electrons. The molecule has 0 aliphatic heterocycles. The third-order valence-corrected chi connectivity index (χ3v) is 2.52. The minimum Gasteiger partial charge on any atom is -0.398 e. The SMILES string of the molecule is CNC(c1ccn(C)n1)c1cnccc1N. The first-order valence-corrected chi connectivity index (χ1v) is 5.08. The minimum absolute atomic E-state index is 0.0186. The second-order valence-corrected chi connectivity index (χ2v) is 3.64. The van der Waals surface area contributed by atoms with Gasteiger partial charge in [0.2, 0.25) is 0 Å². The molecule has 1 unspecified atom stereocenters. The summed E-state index contributed by atoms with van der Waals surface area (Å²) in [4.78, 5) is 4.09. The summed E-state index contributed by atoms with van der Waals surface area (Å²) in [6, 6.07) is 3.74. The van der Waals surface area contributed by atoms with Gasteiger partial charge in [0, 0.05) is 36.9 Å². The van der Waals surface area contributed by atoms with Crippen LogP contribution < -0.4 is 11.1 Å². The number of nitrogen functional groups attached to an aromatic ring is 1. The van der Waals surface area contributed by atoms with Crippen molar-refractivity contribution in [2.75, 3.05) is 12.8 Å². The largest absolute Gasteiger partial charge is 0.398 e. The van der Waals surface area contributed by atoms with Crippen molar-refractivity contribution in [2.45, 2.75) is 6.04 Å². The Morgan fingerprint density at radius 1 is 1.44 bits per heavy atom. The quantitative estimate of drug-likeness (QED) is 0.794. The van der Waals surface area contributed by atoms with Crippen molar-refractivity contribution >= 4 is 5.69 Å². The van der Waals surface area contributed by atoms with Crippen molar-refractivity contribution in [3.8, 4) is 0 Å². The first kappa shape index (κ1) is 10.6. The van der Waals surface area contributed by atoms with E-state index in [4.69, 9.17) is 5.73 Å². The second-order valence-electron chi connectivity index (χ2n) is 3.64. The van der Waals surface area contributed by atoms with Gasteiger partial charge in [-0.3, -0.25) is 9.67 Å². The summed E-state index contributed by atoms with van der Waals surface area (Å²) in [6.45, 7) is 0. The topological polar surface area (TPSA) is 68.8 Å². The van der Waals surface area contributed by atoms with Crippen LogP contribution >= 0.6 is 0 Å². The van der Waals surface area contributed by atoms with E-state index in [0.29, 0.717) is 0 Å². The number of nitrogens with one attached hydrogen (secondary N) is 1. The molecule has 3 N–H and O–H groups in total. The van der Waals surface area contributed by atoms with Crippen molar-refractivity contribution in [1.29, 1.82) is 0 Å². The summed E-state index contributed by atoms with van der Waals surface area (Å²) in [5.41, 5.74) is 8.53. The fourth-order valence-electron chi connectivity index (χ4n) is 1.71. The van der Waals surface area contributed by atoms with Crippen molar-refractivity contribution in [1.82, 2.24) is 20.1 Å². The zero-order valence-electron chi connectivity index (χ0n) is 9.38. The van der Waals surface area contributed by atoms with Gasteiger partial charge >= 0.3 is 0 Å². The molecule has 0 spiro atoms. The van der Waals surface area contributed by atoms with E-state index in [0.717, 1.165) is 16.9 Å². The lowest BCUT2D eigenvalue weighted by Gasteiger charge is -2.15. The van der Waals surface area contributed by atoms with Gasteiger partial charge in [-0.15, -0.1) is 0 Å². The zero-order valence-corrected chi connectivity index (χ0v) is 9.38. The number of aryl methyl sites for hydroxylation is 1. The molecular weight excluding hydrogens is 202 g/mol. The van der Waals surface area contributed by atoms with Gasteiger partial charge in [0.1, 0.15) is 0 Å². The number of aromatic nitrogens is 3. The monoisotopic (exact) mass is 217 g/mol. The number of hydrogen-bond acceptors (Lipinski definition) is 4. The number of nitrogens with zero attached hydrogens (tertiary/aromatic N) is 3. The molecule has 0 aromatic carbocycles. The fourth-order valence-corrected chi connectivity index (χ4v) is 1.71. The molecule has 2 rings (SSSR count). The van der Waals surface area contributed by atoms with Gasteiger partial charge in [-0.25, -0.2) is 0 Å². The van der Waals surface area contributed by atoms with E-state index in [9.17, 15) is 0 Å². The maximum absolute atomic E-state index is 5.93. The van der Waals surface area contributed by atoms with E-state index in [1.54, 1.807) is 23.1 Å². The van der Waals surface area contributed by atoms with Crippen LogP contribution in [0.1, 0.15) is 17.3 Å². The van der Waals surface area contributed by atoms with Crippen molar-refractivity contribution in [2.24, 2.45) is 7.05 Å². The Kier molecular flexibility index (Phi) is 2.87. The van der Waals surface area contributed by atoms with Gasteiger partial charge < -0.3 is 11.1 Å². The second kappa shape index (κ2) is 4.32. The third-order valence-electron chi connectivity index (χ3n) is 2.52. The Labute approximate surface area is 94.3 Å². The molecule has 0 aliphatic rings. The normalized spacial score (nSPS) is 12.6. The first-order chi connectivity index (χ1) is 7.72. The maximum atomic E-state index is 5.93. The molecule has 0 radical (unpaired) electrons. The van der Waals surface area contributed by atoms with Crippen molar-refractivity contribution in [3.63, 3.8) is 0 Å². The summed E-state index contributed by atoms with van der Waals surface area (Å²) in [5.74, 6) is 0. The molecule has 5 heteroatoms. The summed E-state index contributed by atoms with van der Waals surface area (Å²) >= 11 is 0. The van der Waals surface area contributed by atoms with Gasteiger partial charge in [-0.2, -0.15) is 5.10 Å². The molecule has 5 nitrogen and oxygen atoms in total. The fraction of sp³-hybridized carbons (Fsp3) is 0.273. The van der Waals surface area contributed by atoms with Crippen LogP contribution in [0.5, 0.6) is 0 Å². The molecule has 0 saturated heterocycles. The van der Waals surface area contributed by atoms with Gasteiger partial charge in [0.05, 0.1) is 11.7 Å². The van der Waals surface area contributed by atoms with Gasteiger partial charge in [0.25, 0.3) is 0 Å². The van der Waals surface area contributed by atoms with E-state index in [1.807, 2.05) is 26.4 Å². The van der Waals surface area contributed by atoms with Crippen LogP contribution in [0.2, 0.25) is 0 Å². The van der Waals surface area contributed by atoms with Crippen LogP contribution in [0.25, 0.3) is 0 Å². The minimum atomic E-state index is -0.0186. The first-order valence-electron chi connectivity index (χ1n) is 5.08. The molecule has 1 atom stereocenters. The van der Waals surface area contributed by atoms with Crippen molar-refractivity contribution < 1.29 is 0 Å². The molecule has 0 bridgehead atoms. The van der Waals surface area contributed by atoms with Gasteiger partial charge in [-0.1, -0.05) is 0 Å². The molecule has 0 aliphatic carbocycles. The maximum Gasteiger partial charge on any atom is 0.0840 e. The third kappa shape index (κ3) is 1.90. The molecule has 0 fully saturated rings. The average molecular weight is 217 g/mol. The van der Waals surface area contributed by atoms with Crippen LogP contribution in [-0.4, -0.2) is 21.8 Å². The van der Waals surface area contributed by atoms with Crippen molar-refractivity contribution in [3.05, 3.63) is 42.0 Å². The summed E-state index contributed by atoms with van der Waals surface area (Å²) in [5, 5.41) is 7.56. The van der Waals surface area contributed by atoms with Gasteiger partial charge in [0.15, 0.2) is 0 Å². The standard InChI is InChI=1S/C11H15N5/c1-13-11(10-4-6-16(2)15-10)8-7-14-5-3-9(8)12/h3-7,11,13H,1-2H3,(H2,12,14). The Hall–Kier alpha value is -1.88. The highest BCUT2D eigenvalue weighted by molar-refractivity contribution is 5.48. The smallest absolute Gasteiger partial charge is 0.0840 e. The Morgan fingerprint density at radius 3 is 2.81 bits per heavy atom. The summed E-state index contributed by atoms with van der Waals surface area (Å²) < 4.78 is 1.77. The molecule has 2 aromatic heterocycles. The Morgan fingerprint density at radius 2 is 2.25 bits per heavy atom. The van der Waals surface area contributed by atoms with E-state index in [2.05, 4.69) is 15.4 Å². The number of hydrogen-bond donors (Lipinski definition) is 2. The highest BCUT2D eigenvalue weighted by Crippen LogP contribution is 2.23. The molecule has 2 heterocycles. The molecule has 2 aromatic rings. The summed E-state index contributed by atoms with van der Waals surface area (Å²) in [6.07, 6.45) is 5.36. The lowest BCUT2D eigenvalue weighted by molar-refractivity contribution is 0.641. The Balaban J connectivity index is 2.40. The van der Waals surface area contributed by atoms with Crippen LogP contribution in [0.4, 0.5) is 5.69 Å². The van der Waals surface area contributed by atoms with Crippen LogP contribution in [0.15, 0.2) is 30.7 Å².